The van der Waals surface area contributed by atoms with Gasteiger partial charge in [-0.25, -0.2) is 9.97 Å². The standard InChI is InChI=1S/C25H36N12O8/c26-24-32-18(12-20(34-24)36(8-30-12)22-16(42)14(40)10(6-38)44-22)28-4-2-1-3-5-29-19-13-21(35-25(27)33-19)37(9-31-13)23-17(43)15(41)11(7-39)45-23/h8-11,14-17,22-23,38-43H,1-7H2,(H3,26,28,32,34)(H3,27,29,33,35)/t10-,11+,14-,15+,16-,17+,22-,23+. The topological polar surface area (TPSA) is 303 Å². The van der Waals surface area contributed by atoms with Crippen LogP contribution in [0.1, 0.15) is 31.7 Å². The molecule has 2 saturated heterocycles. The number of imidazole rings is 2. The largest absolute Gasteiger partial charge is 0.394 e. The van der Waals surface area contributed by atoms with E-state index in [1.165, 1.54) is 21.8 Å². The van der Waals surface area contributed by atoms with Gasteiger partial charge in [0.2, 0.25) is 11.9 Å². The van der Waals surface area contributed by atoms with Crippen LogP contribution in [0.5, 0.6) is 0 Å². The zero-order chi connectivity index (χ0) is 31.8. The van der Waals surface area contributed by atoms with E-state index >= 15 is 0 Å². The summed E-state index contributed by atoms with van der Waals surface area (Å²) < 4.78 is 14.1. The van der Waals surface area contributed by atoms with Crippen LogP contribution in [0, 0.1) is 0 Å². The molecule has 20 heteroatoms. The molecule has 4 aromatic rings. The van der Waals surface area contributed by atoms with Crippen molar-refractivity contribution in [3.05, 3.63) is 12.7 Å². The molecular weight excluding hydrogens is 596 g/mol. The number of rotatable bonds is 12. The molecule has 0 saturated carbocycles. The molecule has 6 heterocycles. The Morgan fingerprint density at radius 3 is 1.44 bits per heavy atom. The smallest absolute Gasteiger partial charge is 0.224 e. The zero-order valence-corrected chi connectivity index (χ0v) is 24.0. The second-order valence-electron chi connectivity index (χ2n) is 10.9. The van der Waals surface area contributed by atoms with E-state index in [9.17, 15) is 30.6 Å². The molecule has 0 radical (unpaired) electrons. The molecule has 2 fully saturated rings. The highest BCUT2D eigenvalue weighted by Crippen LogP contribution is 2.34. The number of aliphatic hydroxyl groups is 6. The van der Waals surface area contributed by atoms with Gasteiger partial charge in [0.15, 0.2) is 46.4 Å². The van der Waals surface area contributed by atoms with Gasteiger partial charge in [-0.15, -0.1) is 0 Å². The molecule has 20 nitrogen and oxygen atoms in total. The Kier molecular flexibility index (Phi) is 8.79. The molecule has 244 valence electrons. The fourth-order valence-electron chi connectivity index (χ4n) is 5.55. The Balaban J connectivity index is 1.03. The molecule has 45 heavy (non-hydrogen) atoms. The third-order valence-corrected chi connectivity index (χ3v) is 7.90. The second-order valence-corrected chi connectivity index (χ2v) is 10.9. The van der Waals surface area contributed by atoms with E-state index < -0.39 is 62.3 Å². The third kappa shape index (κ3) is 5.77. The maximum atomic E-state index is 10.4. The predicted molar refractivity (Wildman–Crippen MR) is 156 cm³/mol. The van der Waals surface area contributed by atoms with Crippen molar-refractivity contribution >= 4 is 45.9 Å². The van der Waals surface area contributed by atoms with E-state index in [2.05, 4.69) is 40.5 Å². The number of nitrogens with two attached hydrogens (primary N) is 2. The number of hydrogen-bond donors (Lipinski definition) is 10. The Hall–Kier alpha value is -4.02. The van der Waals surface area contributed by atoms with E-state index in [-0.39, 0.29) is 11.9 Å². The molecule has 0 bridgehead atoms. The lowest BCUT2D eigenvalue weighted by atomic mass is 10.1. The van der Waals surface area contributed by atoms with Gasteiger partial charge >= 0.3 is 0 Å². The number of unbranched alkanes of at least 4 members (excludes halogenated alkanes) is 2. The summed E-state index contributed by atoms with van der Waals surface area (Å²) in [5.74, 6) is 0.785. The Bertz CT molecular complexity index is 1520. The molecule has 2 aliphatic rings. The van der Waals surface area contributed by atoms with Crippen molar-refractivity contribution in [3.8, 4) is 0 Å². The van der Waals surface area contributed by atoms with Crippen LogP contribution in [0.25, 0.3) is 22.3 Å². The third-order valence-electron chi connectivity index (χ3n) is 7.90. The fourth-order valence-corrected chi connectivity index (χ4v) is 5.55. The first kappa shape index (κ1) is 31.0. The first-order chi connectivity index (χ1) is 21.7. The first-order valence-electron chi connectivity index (χ1n) is 14.4. The maximum Gasteiger partial charge on any atom is 0.224 e. The van der Waals surface area contributed by atoms with E-state index in [1.54, 1.807) is 0 Å². The van der Waals surface area contributed by atoms with Gasteiger partial charge in [0.25, 0.3) is 0 Å². The lowest BCUT2D eigenvalue weighted by molar-refractivity contribution is -0.0511. The van der Waals surface area contributed by atoms with E-state index in [1.807, 2.05) is 0 Å². The Labute approximate surface area is 254 Å². The number of fused-ring (bicyclic) bond motifs is 2. The zero-order valence-electron chi connectivity index (χ0n) is 24.0. The summed E-state index contributed by atoms with van der Waals surface area (Å²) in [4.78, 5) is 25.7. The molecule has 4 aromatic heterocycles. The molecule has 0 amide bonds. The highest BCUT2D eigenvalue weighted by molar-refractivity contribution is 5.85. The van der Waals surface area contributed by atoms with Gasteiger partial charge in [0, 0.05) is 13.1 Å². The summed E-state index contributed by atoms with van der Waals surface area (Å²) in [5.41, 5.74) is 13.3. The quantitative estimate of drug-likeness (QED) is 0.0698. The molecular formula is C25H36N12O8. The first-order valence-corrected chi connectivity index (χ1v) is 14.4. The minimum absolute atomic E-state index is 0.0148. The van der Waals surface area contributed by atoms with Gasteiger partial charge in [-0.3, -0.25) is 9.13 Å². The van der Waals surface area contributed by atoms with Crippen LogP contribution in [0.3, 0.4) is 0 Å². The van der Waals surface area contributed by atoms with E-state index in [4.69, 9.17) is 20.9 Å². The molecule has 0 spiro atoms. The summed E-state index contributed by atoms with van der Waals surface area (Å²) in [6, 6.07) is 0. The van der Waals surface area contributed by atoms with Crippen LogP contribution >= 0.6 is 0 Å². The fraction of sp³-hybridized carbons (Fsp3) is 0.600. The van der Waals surface area contributed by atoms with Crippen LogP contribution in [-0.4, -0.2) is 133 Å². The van der Waals surface area contributed by atoms with Crippen molar-refractivity contribution in [1.29, 1.82) is 0 Å². The van der Waals surface area contributed by atoms with Crippen molar-refractivity contribution in [2.45, 2.75) is 68.3 Å². The van der Waals surface area contributed by atoms with Crippen LogP contribution in [0.2, 0.25) is 0 Å². The minimum atomic E-state index is -1.30. The number of nitrogens with one attached hydrogen (secondary N) is 2. The van der Waals surface area contributed by atoms with Gasteiger partial charge in [0.05, 0.1) is 25.9 Å². The minimum Gasteiger partial charge on any atom is -0.394 e. The predicted octanol–water partition coefficient (Wildman–Crippen LogP) is -2.95. The van der Waals surface area contributed by atoms with E-state index in [0.717, 1.165) is 19.3 Å². The number of aromatic nitrogens is 8. The summed E-state index contributed by atoms with van der Waals surface area (Å²) in [5, 5.41) is 66.3. The monoisotopic (exact) mass is 632 g/mol. The lowest BCUT2D eigenvalue weighted by Crippen LogP contribution is -2.33. The number of anilines is 4. The number of aliphatic hydroxyl groups excluding tert-OH is 6. The Morgan fingerprint density at radius 2 is 1.07 bits per heavy atom. The molecule has 8 atom stereocenters. The Morgan fingerprint density at radius 1 is 0.644 bits per heavy atom. The van der Waals surface area contributed by atoms with Gasteiger partial charge in [-0.05, 0) is 19.3 Å². The summed E-state index contributed by atoms with van der Waals surface area (Å²) in [6.45, 7) is 0.182. The number of nitrogens with zero attached hydrogens (tertiary/aromatic N) is 8. The molecule has 6 rings (SSSR count). The lowest BCUT2D eigenvalue weighted by Gasteiger charge is -2.17. The van der Waals surface area contributed by atoms with Crippen LogP contribution < -0.4 is 22.1 Å². The van der Waals surface area contributed by atoms with Crippen molar-refractivity contribution in [3.63, 3.8) is 0 Å². The van der Waals surface area contributed by atoms with Gasteiger partial charge in [-0.1, -0.05) is 0 Å². The van der Waals surface area contributed by atoms with Crippen molar-refractivity contribution in [2.24, 2.45) is 0 Å². The maximum absolute atomic E-state index is 10.4. The number of hydrogen-bond acceptors (Lipinski definition) is 18. The molecule has 0 unspecified atom stereocenters. The van der Waals surface area contributed by atoms with Crippen LogP contribution in [0.15, 0.2) is 12.7 Å². The summed E-state index contributed by atoms with van der Waals surface area (Å²) in [7, 11) is 0. The second kappa shape index (κ2) is 12.8. The average molecular weight is 633 g/mol. The van der Waals surface area contributed by atoms with Crippen LogP contribution in [-0.2, 0) is 9.47 Å². The van der Waals surface area contributed by atoms with E-state index in [0.29, 0.717) is 47.1 Å². The molecule has 0 aromatic carbocycles. The number of ether oxygens (including phenoxy) is 2. The van der Waals surface area contributed by atoms with Gasteiger partial charge in [-0.2, -0.15) is 19.9 Å². The van der Waals surface area contributed by atoms with Gasteiger partial charge in [0.1, 0.15) is 36.6 Å². The highest BCUT2D eigenvalue weighted by Gasteiger charge is 2.45. The molecule has 12 N–H and O–H groups in total. The summed E-state index contributed by atoms with van der Waals surface area (Å²) in [6.07, 6.45) is -3.86. The van der Waals surface area contributed by atoms with Crippen molar-refractivity contribution in [1.82, 2.24) is 39.0 Å². The SMILES string of the molecule is Nc1nc(NCCCCCNc2nc(N)nc3c2ncn3[C@H]2O[C@@H](CO)[C@H](O)[C@@H]2O)c2ncn([C@@H]3O[C@H](CO)[C@@H](O)[C@H]3O)c2n1. The molecule has 2 aliphatic heterocycles. The number of nitrogen functional groups attached to an aromatic ring is 2. The van der Waals surface area contributed by atoms with Crippen molar-refractivity contribution in [2.75, 3.05) is 48.4 Å². The van der Waals surface area contributed by atoms with Crippen molar-refractivity contribution < 1.29 is 40.1 Å². The summed E-state index contributed by atoms with van der Waals surface area (Å²) >= 11 is 0. The highest BCUT2D eigenvalue weighted by atomic mass is 16.6. The normalized spacial score (nSPS) is 28.4. The van der Waals surface area contributed by atoms with Gasteiger partial charge < -0.3 is 62.2 Å². The average Bonchev–Trinajstić information content (AvgIpc) is 3.77. The van der Waals surface area contributed by atoms with Crippen LogP contribution in [0.4, 0.5) is 23.5 Å². The molecule has 0 aliphatic carbocycles.